The average molecular weight is 262 g/mol. The fourth-order valence-electron chi connectivity index (χ4n) is 1.61. The lowest BCUT2D eigenvalue weighted by molar-refractivity contribution is -0.385. The monoisotopic (exact) mass is 262 g/mol. The van der Waals surface area contributed by atoms with E-state index in [1.165, 1.54) is 36.4 Å². The van der Waals surface area contributed by atoms with Gasteiger partial charge in [-0.3, -0.25) is 20.2 Å². The maximum absolute atomic E-state index is 13.7. The molecule has 0 aliphatic heterocycles. The molecule has 0 N–H and O–H groups in total. The van der Waals surface area contributed by atoms with Crippen molar-refractivity contribution in [2.24, 2.45) is 0 Å². The van der Waals surface area contributed by atoms with Gasteiger partial charge in [-0.05, 0) is 23.8 Å². The largest absolute Gasteiger partial charge is 0.272 e. The first-order valence-electron chi connectivity index (χ1n) is 5.18. The molecule has 0 atom stereocenters. The van der Waals surface area contributed by atoms with E-state index in [0.717, 1.165) is 6.07 Å². The highest BCUT2D eigenvalue weighted by Crippen LogP contribution is 2.27. The third-order valence-electron chi connectivity index (χ3n) is 2.55. The molecule has 2 aromatic rings. The van der Waals surface area contributed by atoms with E-state index in [-0.39, 0.29) is 16.9 Å². The third kappa shape index (κ3) is 2.54. The zero-order chi connectivity index (χ0) is 14.0. The van der Waals surface area contributed by atoms with Crippen LogP contribution in [0.1, 0.15) is 0 Å². The van der Waals surface area contributed by atoms with Gasteiger partial charge in [-0.15, -0.1) is 0 Å². The lowest BCUT2D eigenvalue weighted by Gasteiger charge is -2.03. The molecule has 0 fully saturated rings. The number of benzene rings is 2. The van der Waals surface area contributed by atoms with E-state index in [1.807, 2.05) is 0 Å². The summed E-state index contributed by atoms with van der Waals surface area (Å²) in [7, 11) is 0. The first-order valence-corrected chi connectivity index (χ1v) is 5.18. The number of non-ortho nitro benzene ring substituents is 2. The fraction of sp³-hybridized carbons (Fsp3) is 0. The van der Waals surface area contributed by atoms with E-state index < -0.39 is 15.7 Å². The predicted octanol–water partition coefficient (Wildman–Crippen LogP) is 3.31. The van der Waals surface area contributed by atoms with Gasteiger partial charge in [0, 0.05) is 23.8 Å². The molecule has 2 rings (SSSR count). The SMILES string of the molecule is O=[N+]([O-])c1ccc(-c2ccc([N+](=O)[O-])cc2F)cc1. The van der Waals surface area contributed by atoms with Gasteiger partial charge >= 0.3 is 0 Å². The fourth-order valence-corrected chi connectivity index (χ4v) is 1.61. The average Bonchev–Trinajstić information content (AvgIpc) is 2.38. The van der Waals surface area contributed by atoms with Crippen LogP contribution in [-0.2, 0) is 0 Å². The molecule has 0 aromatic heterocycles. The van der Waals surface area contributed by atoms with Crippen molar-refractivity contribution in [1.82, 2.24) is 0 Å². The normalized spacial score (nSPS) is 10.2. The van der Waals surface area contributed by atoms with Gasteiger partial charge in [0.2, 0.25) is 0 Å². The molecule has 0 aliphatic carbocycles. The summed E-state index contributed by atoms with van der Waals surface area (Å²) >= 11 is 0. The summed E-state index contributed by atoms with van der Waals surface area (Å²) in [6.45, 7) is 0. The van der Waals surface area contributed by atoms with Crippen molar-refractivity contribution in [2.45, 2.75) is 0 Å². The summed E-state index contributed by atoms with van der Waals surface area (Å²) in [6, 6.07) is 8.54. The van der Waals surface area contributed by atoms with Crippen molar-refractivity contribution in [3.63, 3.8) is 0 Å². The molecule has 2 aromatic carbocycles. The Kier molecular flexibility index (Phi) is 3.19. The van der Waals surface area contributed by atoms with Gasteiger partial charge in [0.25, 0.3) is 11.4 Å². The summed E-state index contributed by atoms with van der Waals surface area (Å²) < 4.78 is 13.7. The minimum absolute atomic E-state index is 0.105. The van der Waals surface area contributed by atoms with Crippen LogP contribution in [0.2, 0.25) is 0 Å². The van der Waals surface area contributed by atoms with Crippen molar-refractivity contribution in [3.05, 3.63) is 68.5 Å². The Morgan fingerprint density at radius 2 is 1.37 bits per heavy atom. The Morgan fingerprint density at radius 1 is 0.842 bits per heavy atom. The third-order valence-corrected chi connectivity index (χ3v) is 2.55. The highest BCUT2D eigenvalue weighted by atomic mass is 19.1. The molecular weight excluding hydrogens is 255 g/mol. The van der Waals surface area contributed by atoms with Gasteiger partial charge in [-0.1, -0.05) is 0 Å². The van der Waals surface area contributed by atoms with Crippen molar-refractivity contribution in [1.29, 1.82) is 0 Å². The van der Waals surface area contributed by atoms with Crippen LogP contribution in [0.25, 0.3) is 11.1 Å². The van der Waals surface area contributed by atoms with Crippen LogP contribution in [0, 0.1) is 26.0 Å². The van der Waals surface area contributed by atoms with Crippen molar-refractivity contribution < 1.29 is 14.2 Å². The highest BCUT2D eigenvalue weighted by Gasteiger charge is 2.13. The highest BCUT2D eigenvalue weighted by molar-refractivity contribution is 5.66. The number of nitrogens with zero attached hydrogens (tertiary/aromatic N) is 2. The zero-order valence-electron chi connectivity index (χ0n) is 9.45. The summed E-state index contributed by atoms with van der Waals surface area (Å²) in [5, 5.41) is 21.0. The summed E-state index contributed by atoms with van der Waals surface area (Å²) in [5.41, 5.74) is 0.118. The number of hydrogen-bond acceptors (Lipinski definition) is 4. The molecule has 6 nitrogen and oxygen atoms in total. The first-order chi connectivity index (χ1) is 8.99. The Morgan fingerprint density at radius 3 is 1.84 bits per heavy atom. The number of nitro benzene ring substituents is 2. The molecule has 7 heteroatoms. The minimum atomic E-state index is -0.747. The van der Waals surface area contributed by atoms with Gasteiger partial charge in [0.05, 0.1) is 15.9 Å². The second-order valence-electron chi connectivity index (χ2n) is 3.73. The first kappa shape index (κ1) is 12.6. The molecule has 0 amide bonds. The van der Waals surface area contributed by atoms with E-state index in [9.17, 15) is 24.6 Å². The number of hydrogen-bond donors (Lipinski definition) is 0. The van der Waals surface area contributed by atoms with Crippen molar-refractivity contribution >= 4 is 11.4 Å². The molecule has 0 saturated carbocycles. The Balaban J connectivity index is 2.41. The molecule has 19 heavy (non-hydrogen) atoms. The lowest BCUT2D eigenvalue weighted by atomic mass is 10.0. The lowest BCUT2D eigenvalue weighted by Crippen LogP contribution is -1.92. The Labute approximate surface area is 106 Å². The van der Waals surface area contributed by atoms with Gasteiger partial charge in [0.15, 0.2) is 0 Å². The maximum atomic E-state index is 13.7. The van der Waals surface area contributed by atoms with Crippen LogP contribution in [0.15, 0.2) is 42.5 Å². The maximum Gasteiger partial charge on any atom is 0.272 e. The van der Waals surface area contributed by atoms with Crippen molar-refractivity contribution in [3.8, 4) is 11.1 Å². The standard InChI is InChI=1S/C12H7FN2O4/c13-12-7-10(15(18)19)5-6-11(12)8-1-3-9(4-2-8)14(16)17/h1-7H. The van der Waals surface area contributed by atoms with Crippen LogP contribution < -0.4 is 0 Å². The van der Waals surface area contributed by atoms with Crippen LogP contribution in [-0.4, -0.2) is 9.85 Å². The molecule has 0 saturated heterocycles. The summed E-state index contributed by atoms with van der Waals surface area (Å²) in [4.78, 5) is 19.7. The van der Waals surface area contributed by atoms with Crippen molar-refractivity contribution in [2.75, 3.05) is 0 Å². The van der Waals surface area contributed by atoms with E-state index >= 15 is 0 Å². The molecule has 0 radical (unpaired) electrons. The molecule has 0 heterocycles. The molecule has 96 valence electrons. The zero-order valence-corrected chi connectivity index (χ0v) is 9.45. The van der Waals surface area contributed by atoms with Gasteiger partial charge in [-0.2, -0.15) is 0 Å². The van der Waals surface area contributed by atoms with Crippen LogP contribution in [0.5, 0.6) is 0 Å². The Hall–Kier alpha value is -2.83. The van der Waals surface area contributed by atoms with Crippen LogP contribution >= 0.6 is 0 Å². The van der Waals surface area contributed by atoms with Gasteiger partial charge < -0.3 is 0 Å². The van der Waals surface area contributed by atoms with E-state index in [4.69, 9.17) is 0 Å². The number of halogens is 1. The summed E-state index contributed by atoms with van der Waals surface area (Å²) in [6.07, 6.45) is 0. The summed E-state index contributed by atoms with van der Waals surface area (Å²) in [5.74, 6) is -0.747. The molecule has 0 unspecified atom stereocenters. The minimum Gasteiger partial charge on any atom is -0.258 e. The smallest absolute Gasteiger partial charge is 0.258 e. The molecule has 0 aliphatic rings. The van der Waals surface area contributed by atoms with Gasteiger partial charge in [0.1, 0.15) is 5.82 Å². The van der Waals surface area contributed by atoms with E-state index in [1.54, 1.807) is 0 Å². The molecular formula is C12H7FN2O4. The van der Waals surface area contributed by atoms with E-state index in [2.05, 4.69) is 0 Å². The van der Waals surface area contributed by atoms with E-state index in [0.29, 0.717) is 5.56 Å². The predicted molar refractivity (Wildman–Crippen MR) is 65.1 cm³/mol. The van der Waals surface area contributed by atoms with Crippen LogP contribution in [0.4, 0.5) is 15.8 Å². The van der Waals surface area contributed by atoms with Crippen LogP contribution in [0.3, 0.4) is 0 Å². The Bertz CT molecular complexity index is 655. The topological polar surface area (TPSA) is 86.3 Å². The second-order valence-corrected chi connectivity index (χ2v) is 3.73. The number of rotatable bonds is 3. The molecule has 0 bridgehead atoms. The second kappa shape index (κ2) is 4.81. The van der Waals surface area contributed by atoms with Gasteiger partial charge in [-0.25, -0.2) is 4.39 Å². The quantitative estimate of drug-likeness (QED) is 0.627. The molecule has 0 spiro atoms. The number of nitro groups is 2.